The molecule has 0 saturated carbocycles. The number of nitrogens with zero attached hydrogens (tertiary/aromatic N) is 1. The second kappa shape index (κ2) is 5.53. The van der Waals surface area contributed by atoms with Crippen molar-refractivity contribution < 1.29 is 9.53 Å². The monoisotopic (exact) mass is 320 g/mol. The number of hydrogen-bond acceptors (Lipinski definition) is 3. The maximum absolute atomic E-state index is 12.9. The molecule has 0 radical (unpaired) electrons. The Morgan fingerprint density at radius 3 is 2.88 bits per heavy atom. The molecule has 1 aliphatic heterocycles. The summed E-state index contributed by atoms with van der Waals surface area (Å²) in [7, 11) is 1.55. The molecule has 1 aromatic heterocycles. The first-order valence-electron chi connectivity index (χ1n) is 7.78. The summed E-state index contributed by atoms with van der Waals surface area (Å²) in [5.74, 6) is 0.315. The first-order valence-corrected chi connectivity index (χ1v) is 7.78. The first-order chi connectivity index (χ1) is 11.7. The predicted octanol–water partition coefficient (Wildman–Crippen LogP) is 2.74. The maximum Gasteiger partial charge on any atom is 0.263 e. The molecular weight excluding hydrogens is 304 g/mol. The third-order valence-electron chi connectivity index (χ3n) is 4.45. The van der Waals surface area contributed by atoms with E-state index in [-0.39, 0.29) is 16.9 Å². The molecule has 3 aromatic rings. The van der Waals surface area contributed by atoms with E-state index in [4.69, 9.17) is 4.74 Å². The summed E-state index contributed by atoms with van der Waals surface area (Å²) >= 11 is 0. The number of aromatic amines is 1. The number of ether oxygens (including phenoxy) is 1. The molecule has 0 spiro atoms. The molecule has 1 aliphatic rings. The van der Waals surface area contributed by atoms with Gasteiger partial charge in [-0.15, -0.1) is 0 Å². The lowest BCUT2D eigenvalue weighted by Crippen LogP contribution is -2.33. The van der Waals surface area contributed by atoms with E-state index < -0.39 is 0 Å². The van der Waals surface area contributed by atoms with Gasteiger partial charge in [0.2, 0.25) is 5.43 Å². The second-order valence-corrected chi connectivity index (χ2v) is 5.78. The zero-order valence-electron chi connectivity index (χ0n) is 13.2. The van der Waals surface area contributed by atoms with E-state index in [1.165, 1.54) is 6.20 Å². The van der Waals surface area contributed by atoms with Crippen LogP contribution in [0.4, 0.5) is 5.69 Å². The zero-order valence-corrected chi connectivity index (χ0v) is 13.2. The zero-order chi connectivity index (χ0) is 16.7. The molecule has 0 fully saturated rings. The summed E-state index contributed by atoms with van der Waals surface area (Å²) in [4.78, 5) is 30.4. The van der Waals surface area contributed by atoms with Crippen molar-refractivity contribution in [1.82, 2.24) is 4.98 Å². The summed E-state index contributed by atoms with van der Waals surface area (Å²) in [6, 6.07) is 13.0. The summed E-state index contributed by atoms with van der Waals surface area (Å²) in [5.41, 5.74) is 2.56. The molecule has 24 heavy (non-hydrogen) atoms. The Morgan fingerprint density at radius 1 is 1.21 bits per heavy atom. The van der Waals surface area contributed by atoms with Crippen LogP contribution in [0.15, 0.2) is 53.5 Å². The highest BCUT2D eigenvalue weighted by molar-refractivity contribution is 6.08. The fourth-order valence-electron chi connectivity index (χ4n) is 3.18. The number of nitrogens with one attached hydrogen (secondary N) is 1. The van der Waals surface area contributed by atoms with Crippen LogP contribution >= 0.6 is 0 Å². The van der Waals surface area contributed by atoms with Gasteiger partial charge in [0.25, 0.3) is 5.91 Å². The lowest BCUT2D eigenvalue weighted by Gasteiger charge is -2.17. The van der Waals surface area contributed by atoms with Crippen LogP contribution < -0.4 is 15.1 Å². The van der Waals surface area contributed by atoms with Gasteiger partial charge in [-0.2, -0.15) is 0 Å². The van der Waals surface area contributed by atoms with E-state index >= 15 is 0 Å². The van der Waals surface area contributed by atoms with Crippen molar-refractivity contribution in [3.05, 3.63) is 70.0 Å². The van der Waals surface area contributed by atoms with E-state index in [0.717, 1.165) is 17.7 Å². The molecule has 5 heteroatoms. The lowest BCUT2D eigenvalue weighted by molar-refractivity contribution is 0.0988. The molecule has 5 nitrogen and oxygen atoms in total. The largest absolute Gasteiger partial charge is 0.497 e. The van der Waals surface area contributed by atoms with Gasteiger partial charge in [0.05, 0.1) is 7.11 Å². The molecule has 0 saturated heterocycles. The molecule has 0 bridgehead atoms. The van der Waals surface area contributed by atoms with Gasteiger partial charge in [0.15, 0.2) is 0 Å². The molecule has 0 aliphatic carbocycles. The smallest absolute Gasteiger partial charge is 0.263 e. The van der Waals surface area contributed by atoms with Crippen molar-refractivity contribution in [2.75, 3.05) is 18.6 Å². The first kappa shape index (κ1) is 14.5. The minimum Gasteiger partial charge on any atom is -0.497 e. The highest BCUT2D eigenvalue weighted by Gasteiger charge is 2.27. The van der Waals surface area contributed by atoms with E-state index in [1.807, 2.05) is 24.3 Å². The molecule has 1 N–H and O–H groups in total. The summed E-state index contributed by atoms with van der Waals surface area (Å²) in [6.45, 7) is 0.591. The number of H-pyrrole nitrogens is 1. The number of anilines is 1. The number of hydrogen-bond donors (Lipinski definition) is 1. The molecule has 120 valence electrons. The number of methoxy groups -OCH3 is 1. The second-order valence-electron chi connectivity index (χ2n) is 5.78. The van der Waals surface area contributed by atoms with Gasteiger partial charge in [0, 0.05) is 29.3 Å². The number of aromatic nitrogens is 1. The van der Waals surface area contributed by atoms with E-state index in [0.29, 0.717) is 23.2 Å². The van der Waals surface area contributed by atoms with Crippen LogP contribution in [-0.4, -0.2) is 24.5 Å². The van der Waals surface area contributed by atoms with E-state index in [2.05, 4.69) is 4.98 Å². The maximum atomic E-state index is 12.9. The van der Waals surface area contributed by atoms with Crippen LogP contribution in [0.1, 0.15) is 15.9 Å². The molecule has 0 atom stereocenters. The van der Waals surface area contributed by atoms with Crippen LogP contribution in [0.5, 0.6) is 5.75 Å². The van der Waals surface area contributed by atoms with Crippen LogP contribution in [0, 0.1) is 0 Å². The standard InChI is InChI=1S/C19H16N2O3/c1-24-13-6-7-16-14(10-13)18(22)15(11-20-16)19(23)21-9-8-12-4-2-3-5-17(12)21/h2-7,10-11H,8-9H2,1H3,(H,20,22). The molecular formula is C19H16N2O3. The average molecular weight is 320 g/mol. The van der Waals surface area contributed by atoms with Crippen molar-refractivity contribution in [2.24, 2.45) is 0 Å². The van der Waals surface area contributed by atoms with Crippen molar-refractivity contribution in [3.8, 4) is 5.75 Å². The number of amides is 1. The van der Waals surface area contributed by atoms with E-state index in [1.54, 1.807) is 30.2 Å². The van der Waals surface area contributed by atoms with Gasteiger partial charge < -0.3 is 14.6 Å². The van der Waals surface area contributed by atoms with Crippen LogP contribution in [0.25, 0.3) is 10.9 Å². The third-order valence-corrected chi connectivity index (χ3v) is 4.45. The quantitative estimate of drug-likeness (QED) is 0.790. The minimum absolute atomic E-state index is 0.146. The number of carbonyl (C=O) groups is 1. The third kappa shape index (κ3) is 2.17. The SMILES string of the molecule is COc1ccc2[nH]cc(C(=O)N3CCc4ccccc43)c(=O)c2c1. The Bertz CT molecular complexity index is 1010. The number of pyridine rings is 1. The van der Waals surface area contributed by atoms with Crippen LogP contribution in [-0.2, 0) is 6.42 Å². The average Bonchev–Trinajstić information content (AvgIpc) is 3.05. The topological polar surface area (TPSA) is 62.4 Å². The summed E-state index contributed by atoms with van der Waals surface area (Å²) in [6.07, 6.45) is 2.31. The van der Waals surface area contributed by atoms with Gasteiger partial charge in [-0.3, -0.25) is 9.59 Å². The molecule has 2 aromatic carbocycles. The van der Waals surface area contributed by atoms with Gasteiger partial charge in [-0.25, -0.2) is 0 Å². The van der Waals surface area contributed by atoms with Gasteiger partial charge in [-0.05, 0) is 36.2 Å². The Balaban J connectivity index is 1.81. The highest BCUT2D eigenvalue weighted by Crippen LogP contribution is 2.28. The fourth-order valence-corrected chi connectivity index (χ4v) is 3.18. The molecule has 0 unspecified atom stereocenters. The number of carbonyl (C=O) groups excluding carboxylic acids is 1. The predicted molar refractivity (Wildman–Crippen MR) is 92.9 cm³/mol. The number of para-hydroxylation sites is 1. The van der Waals surface area contributed by atoms with Gasteiger partial charge in [-0.1, -0.05) is 18.2 Å². The Kier molecular flexibility index (Phi) is 3.34. The van der Waals surface area contributed by atoms with Crippen molar-refractivity contribution in [3.63, 3.8) is 0 Å². The molecule has 2 heterocycles. The number of fused-ring (bicyclic) bond motifs is 2. The summed E-state index contributed by atoms with van der Waals surface area (Å²) < 4.78 is 5.18. The van der Waals surface area contributed by atoms with Gasteiger partial charge in [0.1, 0.15) is 11.3 Å². The number of rotatable bonds is 2. The summed E-state index contributed by atoms with van der Waals surface area (Å²) in [5, 5.41) is 0.452. The molecule has 4 rings (SSSR count). The molecule has 1 amide bonds. The van der Waals surface area contributed by atoms with Crippen LogP contribution in [0.2, 0.25) is 0 Å². The Morgan fingerprint density at radius 2 is 2.04 bits per heavy atom. The Hall–Kier alpha value is -3.08. The number of benzene rings is 2. The minimum atomic E-state index is -0.281. The fraction of sp³-hybridized carbons (Fsp3) is 0.158. The van der Waals surface area contributed by atoms with Crippen molar-refractivity contribution in [2.45, 2.75) is 6.42 Å². The van der Waals surface area contributed by atoms with Crippen LogP contribution in [0.3, 0.4) is 0 Å². The van der Waals surface area contributed by atoms with E-state index in [9.17, 15) is 9.59 Å². The highest BCUT2D eigenvalue weighted by atomic mass is 16.5. The Labute approximate surface area is 138 Å². The van der Waals surface area contributed by atoms with Crippen molar-refractivity contribution >= 4 is 22.5 Å². The van der Waals surface area contributed by atoms with Crippen molar-refractivity contribution in [1.29, 1.82) is 0 Å². The normalized spacial score (nSPS) is 13.1. The van der Waals surface area contributed by atoms with Gasteiger partial charge >= 0.3 is 0 Å². The lowest BCUT2D eigenvalue weighted by atomic mass is 10.1.